The van der Waals surface area contributed by atoms with E-state index in [1.54, 1.807) is 45.0 Å². The molecule has 0 aliphatic rings. The molecule has 7 nitrogen and oxygen atoms in total. The first-order valence-corrected chi connectivity index (χ1v) is 10.4. The molecule has 0 saturated carbocycles. The zero-order valence-electron chi connectivity index (χ0n) is 16.6. The molecule has 0 fully saturated rings. The van der Waals surface area contributed by atoms with Gasteiger partial charge in [0, 0.05) is 5.69 Å². The molecule has 0 amide bonds. The smallest absolute Gasteiger partial charge is 0.338 e. The minimum Gasteiger partial charge on any atom is -0.452 e. The maximum Gasteiger partial charge on any atom is 0.338 e. The number of oxazole rings is 1. The third kappa shape index (κ3) is 4.83. The van der Waals surface area contributed by atoms with Crippen LogP contribution < -0.4 is 4.72 Å². The Morgan fingerprint density at radius 1 is 1.10 bits per heavy atom. The average molecular weight is 414 g/mol. The van der Waals surface area contributed by atoms with Crippen molar-refractivity contribution in [2.45, 2.75) is 39.2 Å². The van der Waals surface area contributed by atoms with Crippen LogP contribution in [0.4, 0.5) is 5.69 Å². The summed E-state index contributed by atoms with van der Waals surface area (Å²) < 4.78 is 38.6. The van der Waals surface area contributed by atoms with Gasteiger partial charge in [-0.1, -0.05) is 18.2 Å². The van der Waals surface area contributed by atoms with Crippen molar-refractivity contribution in [2.24, 2.45) is 0 Å². The topological polar surface area (TPSA) is 98.5 Å². The molecule has 152 valence electrons. The number of rotatable bonds is 6. The minimum absolute atomic E-state index is 0.0284. The molecule has 1 aromatic heterocycles. The second-order valence-electron chi connectivity index (χ2n) is 6.78. The van der Waals surface area contributed by atoms with E-state index in [2.05, 4.69) is 9.71 Å². The van der Waals surface area contributed by atoms with Crippen LogP contribution in [0.25, 0.3) is 0 Å². The van der Waals surface area contributed by atoms with Crippen molar-refractivity contribution < 1.29 is 22.4 Å². The van der Waals surface area contributed by atoms with Gasteiger partial charge in [0.15, 0.2) is 6.61 Å². The van der Waals surface area contributed by atoms with Gasteiger partial charge >= 0.3 is 5.97 Å². The van der Waals surface area contributed by atoms with Crippen LogP contribution in [-0.2, 0) is 21.4 Å². The molecule has 1 heterocycles. The second kappa shape index (κ2) is 8.08. The lowest BCUT2D eigenvalue weighted by Gasteiger charge is -2.11. The minimum atomic E-state index is -3.86. The SMILES string of the molecule is Cc1cccc(NS(=O)(=O)c2ccc(C)c(C(=O)OCc3nc(C)c(C)o3)c2)c1. The van der Waals surface area contributed by atoms with Gasteiger partial charge in [0.1, 0.15) is 5.76 Å². The number of hydrogen-bond donors (Lipinski definition) is 1. The van der Waals surface area contributed by atoms with Crippen molar-refractivity contribution in [3.05, 3.63) is 76.5 Å². The normalized spacial score (nSPS) is 11.3. The molecule has 0 unspecified atom stereocenters. The zero-order valence-corrected chi connectivity index (χ0v) is 17.5. The van der Waals surface area contributed by atoms with E-state index in [1.807, 2.05) is 13.0 Å². The first-order chi connectivity index (χ1) is 13.7. The summed E-state index contributed by atoms with van der Waals surface area (Å²) in [4.78, 5) is 16.6. The molecule has 0 atom stereocenters. The molecule has 0 spiro atoms. The fraction of sp³-hybridized carbons (Fsp3) is 0.238. The molecule has 0 aliphatic carbocycles. The van der Waals surface area contributed by atoms with Gasteiger partial charge in [-0.05, 0) is 63.1 Å². The van der Waals surface area contributed by atoms with E-state index in [4.69, 9.17) is 9.15 Å². The predicted molar refractivity (Wildman–Crippen MR) is 108 cm³/mol. The summed E-state index contributed by atoms with van der Waals surface area (Å²) in [5.41, 5.74) is 2.86. The maximum absolute atomic E-state index is 12.7. The van der Waals surface area contributed by atoms with E-state index >= 15 is 0 Å². The van der Waals surface area contributed by atoms with E-state index in [1.165, 1.54) is 12.1 Å². The molecular formula is C21H22N2O5S. The standard InChI is InChI=1S/C21H22N2O5S/c1-13-6-5-7-17(10-13)23-29(25,26)18-9-8-14(2)19(11-18)21(24)27-12-20-22-15(3)16(4)28-20/h5-11,23H,12H2,1-4H3. The molecule has 0 saturated heterocycles. The van der Waals surface area contributed by atoms with Gasteiger partial charge in [0.05, 0.1) is 16.2 Å². The second-order valence-corrected chi connectivity index (χ2v) is 8.46. The molecule has 3 aromatic rings. The van der Waals surface area contributed by atoms with Crippen LogP contribution in [0.5, 0.6) is 0 Å². The Morgan fingerprint density at radius 2 is 1.86 bits per heavy atom. The molecule has 3 rings (SSSR count). The average Bonchev–Trinajstić information content (AvgIpc) is 2.97. The molecule has 0 bridgehead atoms. The number of hydrogen-bond acceptors (Lipinski definition) is 6. The van der Waals surface area contributed by atoms with Gasteiger partial charge in [-0.15, -0.1) is 0 Å². The van der Waals surface area contributed by atoms with Gasteiger partial charge in [0.2, 0.25) is 5.89 Å². The number of carbonyl (C=O) groups is 1. The van der Waals surface area contributed by atoms with Gasteiger partial charge in [-0.3, -0.25) is 4.72 Å². The van der Waals surface area contributed by atoms with Crippen LogP contribution >= 0.6 is 0 Å². The summed E-state index contributed by atoms with van der Waals surface area (Å²) in [5, 5.41) is 0. The highest BCUT2D eigenvalue weighted by Gasteiger charge is 2.20. The molecule has 2 aromatic carbocycles. The van der Waals surface area contributed by atoms with E-state index in [0.717, 1.165) is 11.3 Å². The number of nitrogens with zero attached hydrogens (tertiary/aromatic N) is 1. The first-order valence-electron chi connectivity index (χ1n) is 8.96. The summed E-state index contributed by atoms with van der Waals surface area (Å²) in [6.45, 7) is 7.01. The van der Waals surface area contributed by atoms with Crippen molar-refractivity contribution in [3.63, 3.8) is 0 Å². The van der Waals surface area contributed by atoms with Crippen molar-refractivity contribution in [2.75, 3.05) is 4.72 Å². The maximum atomic E-state index is 12.7. The number of ether oxygens (including phenoxy) is 1. The van der Waals surface area contributed by atoms with Crippen LogP contribution in [0, 0.1) is 27.7 Å². The number of benzene rings is 2. The number of carbonyl (C=O) groups excluding carboxylic acids is 1. The lowest BCUT2D eigenvalue weighted by Crippen LogP contribution is -2.15. The number of sulfonamides is 1. The van der Waals surface area contributed by atoms with Crippen LogP contribution in [0.1, 0.15) is 38.8 Å². The van der Waals surface area contributed by atoms with Gasteiger partial charge in [0.25, 0.3) is 10.0 Å². The Morgan fingerprint density at radius 3 is 2.52 bits per heavy atom. The number of esters is 1. The molecule has 0 aliphatic heterocycles. The van der Waals surface area contributed by atoms with Crippen molar-refractivity contribution in [1.82, 2.24) is 4.98 Å². The van der Waals surface area contributed by atoms with Gasteiger partial charge < -0.3 is 9.15 Å². The zero-order chi connectivity index (χ0) is 21.2. The molecule has 0 radical (unpaired) electrons. The largest absolute Gasteiger partial charge is 0.452 e. The lowest BCUT2D eigenvalue weighted by molar-refractivity contribution is 0.0435. The Hall–Kier alpha value is -3.13. The summed E-state index contributed by atoms with van der Waals surface area (Å²) in [6, 6.07) is 11.3. The third-order valence-corrected chi connectivity index (χ3v) is 5.79. The van der Waals surface area contributed by atoms with Crippen LogP contribution in [0.2, 0.25) is 0 Å². The Labute approximate surface area is 169 Å². The number of aromatic nitrogens is 1. The Kier molecular flexibility index (Phi) is 5.74. The fourth-order valence-electron chi connectivity index (χ4n) is 2.72. The van der Waals surface area contributed by atoms with Crippen LogP contribution in [0.3, 0.4) is 0 Å². The highest BCUT2D eigenvalue weighted by Crippen LogP contribution is 2.21. The van der Waals surface area contributed by atoms with Crippen LogP contribution in [-0.4, -0.2) is 19.4 Å². The first kappa shape index (κ1) is 20.6. The summed E-state index contributed by atoms with van der Waals surface area (Å²) in [6.07, 6.45) is 0. The number of aryl methyl sites for hydroxylation is 4. The van der Waals surface area contributed by atoms with Crippen LogP contribution in [0.15, 0.2) is 51.8 Å². The van der Waals surface area contributed by atoms with E-state index in [9.17, 15) is 13.2 Å². The van der Waals surface area contributed by atoms with E-state index in [-0.39, 0.29) is 23.0 Å². The summed E-state index contributed by atoms with van der Waals surface area (Å²) in [5.74, 6) is 0.294. The fourth-order valence-corrected chi connectivity index (χ4v) is 3.79. The van der Waals surface area contributed by atoms with Gasteiger partial charge in [-0.2, -0.15) is 0 Å². The van der Waals surface area contributed by atoms with Crippen molar-refractivity contribution in [3.8, 4) is 0 Å². The van der Waals surface area contributed by atoms with E-state index in [0.29, 0.717) is 17.0 Å². The van der Waals surface area contributed by atoms with E-state index < -0.39 is 16.0 Å². The Balaban J connectivity index is 1.80. The third-order valence-electron chi connectivity index (χ3n) is 4.41. The summed E-state index contributed by atoms with van der Waals surface area (Å²) in [7, 11) is -3.86. The lowest BCUT2D eigenvalue weighted by atomic mass is 10.1. The molecule has 8 heteroatoms. The molecule has 1 N–H and O–H groups in total. The number of nitrogens with one attached hydrogen (secondary N) is 1. The van der Waals surface area contributed by atoms with Crippen molar-refractivity contribution in [1.29, 1.82) is 0 Å². The molecule has 29 heavy (non-hydrogen) atoms. The predicted octanol–water partition coefficient (Wildman–Crippen LogP) is 4.07. The van der Waals surface area contributed by atoms with Crippen molar-refractivity contribution >= 4 is 21.7 Å². The van der Waals surface area contributed by atoms with Gasteiger partial charge in [-0.25, -0.2) is 18.2 Å². The highest BCUT2D eigenvalue weighted by atomic mass is 32.2. The molecular weight excluding hydrogens is 392 g/mol. The Bertz CT molecular complexity index is 1150. The summed E-state index contributed by atoms with van der Waals surface area (Å²) >= 11 is 0. The quantitative estimate of drug-likeness (QED) is 0.611. The highest BCUT2D eigenvalue weighted by molar-refractivity contribution is 7.92. The monoisotopic (exact) mass is 414 g/mol. The number of anilines is 1.